The summed E-state index contributed by atoms with van der Waals surface area (Å²) in [5.74, 6) is -7.33. The Morgan fingerprint density at radius 3 is 1.71 bits per heavy atom. The number of hydrazine groups is 1. The number of aromatic nitrogens is 2. The molecule has 0 spiro atoms. The Labute approximate surface area is 475 Å². The Morgan fingerprint density at radius 1 is 0.634 bits per heavy atom. The zero-order chi connectivity index (χ0) is 60.1. The van der Waals surface area contributed by atoms with E-state index in [4.69, 9.17) is 17.2 Å². The molecule has 17 N–H and O–H groups in total. The standard InChI is InChI=1S/C57H77N15O10/c1-31(2)23-44(51(78)64-42(21-14-22-61-55(60)72(5,6)7)50(77)65-43(48(59)75)25-37-30-63-41-20-13-11-18-39(37)41)67-56(82)71-70-54(81)57(27-34-15-8-9-16-35(34)28-57)69-53(80)47(33(4)73)68-52(79)45(26-46(58)74)66-49(76)32(3)24-36-29-62-40-19-12-10-17-38(36)40/h8-13,15-20,29-33,42-45,47,62-63,73H,14,21-28H2,1-7H3,(H13-,58,59,60,61,64,65,66,67,68,69,70,71,74,75,76,77,78,79,80,81,82)/p+1/t32-,33-,42+,43+,44+,45+,47+/m1/s1. The monoisotopic (exact) mass is 1130 g/mol. The number of H-pyrrole nitrogens is 2. The number of quaternary nitrogens is 1. The summed E-state index contributed by atoms with van der Waals surface area (Å²) in [7, 11) is 5.51. The van der Waals surface area contributed by atoms with Crippen LogP contribution < -0.4 is 60.0 Å². The lowest BCUT2D eigenvalue weighted by molar-refractivity contribution is -0.778. The molecule has 82 heavy (non-hydrogen) atoms. The minimum absolute atomic E-state index is 0.0351. The number of hydrogen-bond acceptors (Lipinski definition) is 11. The molecule has 2 heterocycles. The highest BCUT2D eigenvalue weighted by Crippen LogP contribution is 2.31. The number of benzene rings is 3. The molecule has 1 aliphatic rings. The number of carbonyl (C=O) groups excluding carboxylic acids is 9. The number of aliphatic hydroxyl groups is 1. The van der Waals surface area contributed by atoms with E-state index in [0.29, 0.717) is 17.1 Å². The fraction of sp³-hybridized carbons (Fsp3) is 0.439. The lowest BCUT2D eigenvalue weighted by Gasteiger charge is -2.32. The van der Waals surface area contributed by atoms with Crippen molar-refractivity contribution >= 4 is 81.1 Å². The number of aromatic amines is 2. The van der Waals surface area contributed by atoms with Crippen LogP contribution in [0.3, 0.4) is 0 Å². The van der Waals surface area contributed by atoms with Crippen LogP contribution in [0.2, 0.25) is 0 Å². The number of nitrogens with zero attached hydrogens (tertiary/aromatic N) is 2. The quantitative estimate of drug-likeness (QED) is 0.0114. The molecule has 25 heteroatoms. The number of aliphatic hydroxyl groups excluding tert-OH is 1. The van der Waals surface area contributed by atoms with Gasteiger partial charge in [0.25, 0.3) is 11.9 Å². The third-order valence-corrected chi connectivity index (χ3v) is 14.3. The second-order valence-electron chi connectivity index (χ2n) is 22.3. The molecule has 6 rings (SSSR count). The zero-order valence-electron chi connectivity index (χ0n) is 47.3. The van der Waals surface area contributed by atoms with Gasteiger partial charge in [0.2, 0.25) is 41.4 Å². The van der Waals surface area contributed by atoms with Gasteiger partial charge in [0.05, 0.1) is 33.7 Å². The van der Waals surface area contributed by atoms with Crippen molar-refractivity contribution < 1.29 is 52.7 Å². The van der Waals surface area contributed by atoms with Crippen molar-refractivity contribution in [3.05, 3.63) is 107 Å². The summed E-state index contributed by atoms with van der Waals surface area (Å²) in [6.07, 6.45) is 1.74. The molecule has 0 unspecified atom stereocenters. The first-order chi connectivity index (χ1) is 38.7. The van der Waals surface area contributed by atoms with Crippen LogP contribution in [-0.2, 0) is 64.0 Å². The van der Waals surface area contributed by atoms with Gasteiger partial charge < -0.3 is 64.2 Å². The predicted octanol–water partition coefficient (Wildman–Crippen LogP) is -0.0488. The minimum atomic E-state index is -1.84. The number of primary amides is 2. The van der Waals surface area contributed by atoms with Gasteiger partial charge >= 0.3 is 6.03 Å². The van der Waals surface area contributed by atoms with E-state index in [1.807, 2.05) is 69.7 Å². The summed E-state index contributed by atoms with van der Waals surface area (Å²) in [5, 5.41) is 28.4. The number of rotatable bonds is 26. The van der Waals surface area contributed by atoms with Crippen LogP contribution in [0, 0.1) is 11.8 Å². The largest absolute Gasteiger partial charge is 0.391 e. The fourth-order valence-corrected chi connectivity index (χ4v) is 9.73. The van der Waals surface area contributed by atoms with Crippen LogP contribution in [-0.4, -0.2) is 148 Å². The Balaban J connectivity index is 1.14. The fourth-order valence-electron chi connectivity index (χ4n) is 9.73. The number of aliphatic imine (C=N–C) groups is 1. The van der Waals surface area contributed by atoms with Gasteiger partial charge in [-0.1, -0.05) is 81.4 Å². The summed E-state index contributed by atoms with van der Waals surface area (Å²) < 4.78 is 0.255. The number of nitrogens with one attached hydrogen (secondary N) is 10. The van der Waals surface area contributed by atoms with Crippen LogP contribution in [0.1, 0.15) is 75.6 Å². The van der Waals surface area contributed by atoms with E-state index in [1.165, 1.54) is 6.92 Å². The van der Waals surface area contributed by atoms with Gasteiger partial charge in [-0.3, -0.25) is 48.3 Å². The van der Waals surface area contributed by atoms with E-state index in [2.05, 4.69) is 57.7 Å². The summed E-state index contributed by atoms with van der Waals surface area (Å²) in [6.45, 7) is 6.67. The summed E-state index contributed by atoms with van der Waals surface area (Å²) in [5.41, 5.74) is 24.9. The van der Waals surface area contributed by atoms with Gasteiger partial charge in [-0.15, -0.1) is 0 Å². The van der Waals surface area contributed by atoms with Crippen molar-refractivity contribution in [2.45, 2.75) is 121 Å². The topological polar surface area (TPSA) is 392 Å². The highest BCUT2D eigenvalue weighted by atomic mass is 16.3. The summed E-state index contributed by atoms with van der Waals surface area (Å²) in [4.78, 5) is 134. The van der Waals surface area contributed by atoms with Crippen molar-refractivity contribution in [1.82, 2.24) is 52.7 Å². The van der Waals surface area contributed by atoms with Crippen LogP contribution >= 0.6 is 0 Å². The zero-order valence-corrected chi connectivity index (χ0v) is 47.3. The maximum atomic E-state index is 14.4. The first kappa shape index (κ1) is 62.4. The van der Waals surface area contributed by atoms with E-state index >= 15 is 0 Å². The number of guanidine groups is 1. The number of fused-ring (bicyclic) bond motifs is 3. The van der Waals surface area contributed by atoms with Crippen molar-refractivity contribution in [2.24, 2.45) is 34.0 Å². The van der Waals surface area contributed by atoms with Crippen LogP contribution in [0.25, 0.3) is 21.8 Å². The lowest BCUT2D eigenvalue weighted by Crippen LogP contribution is -2.67. The molecular formula is C57H78N15O10+. The lowest BCUT2D eigenvalue weighted by atomic mass is 9.93. The number of urea groups is 1. The normalized spacial score (nSPS) is 15.6. The van der Waals surface area contributed by atoms with Crippen molar-refractivity contribution in [2.75, 3.05) is 27.7 Å². The van der Waals surface area contributed by atoms with E-state index in [0.717, 1.165) is 32.9 Å². The van der Waals surface area contributed by atoms with Crippen molar-refractivity contribution in [3.63, 3.8) is 0 Å². The van der Waals surface area contributed by atoms with Crippen LogP contribution in [0.15, 0.2) is 90.2 Å². The molecule has 0 saturated carbocycles. The van der Waals surface area contributed by atoms with Gasteiger partial charge in [0.15, 0.2) is 0 Å². The van der Waals surface area contributed by atoms with E-state index in [1.54, 1.807) is 57.4 Å². The number of carbonyl (C=O) groups is 9. The SMILES string of the molecule is CC(C)C[C@H](NC(=O)NNC(=O)C1(NC(=O)[C@@H](NC(=O)[C@H](CC(N)=O)NC(=O)[C@H](C)Cc2c[nH]c3ccccc23)[C@@H](C)O)Cc2ccccc2C1)C(=O)N[C@@H](CCCN=C(N)[N+](C)(C)C)C(=O)N[C@@H](Cc1c[nH]c2ccccc12)C(N)=O. The summed E-state index contributed by atoms with van der Waals surface area (Å²) in [6, 6.07) is 13.9. The van der Waals surface area contributed by atoms with E-state index < -0.39 is 107 Å². The van der Waals surface area contributed by atoms with Gasteiger partial charge in [0.1, 0.15) is 35.7 Å². The molecule has 0 aliphatic heterocycles. The number of amides is 10. The molecule has 2 aromatic heterocycles. The molecular weight excluding hydrogens is 1050 g/mol. The minimum Gasteiger partial charge on any atom is -0.391 e. The average molecular weight is 1130 g/mol. The van der Waals surface area contributed by atoms with E-state index in [-0.39, 0.29) is 61.9 Å². The molecule has 440 valence electrons. The Hall–Kier alpha value is -8.84. The van der Waals surface area contributed by atoms with Gasteiger partial charge in [-0.2, -0.15) is 0 Å². The molecule has 0 saturated heterocycles. The first-order valence-corrected chi connectivity index (χ1v) is 27.2. The number of para-hydroxylation sites is 2. The van der Waals surface area contributed by atoms with Gasteiger partial charge in [0, 0.05) is 65.9 Å². The van der Waals surface area contributed by atoms with Crippen molar-refractivity contribution in [1.29, 1.82) is 0 Å². The summed E-state index contributed by atoms with van der Waals surface area (Å²) >= 11 is 0. The Morgan fingerprint density at radius 2 is 1.16 bits per heavy atom. The molecule has 0 fully saturated rings. The number of nitrogens with two attached hydrogens (primary N) is 3. The van der Waals surface area contributed by atoms with Crippen LogP contribution in [0.5, 0.6) is 0 Å². The van der Waals surface area contributed by atoms with E-state index in [9.17, 15) is 48.3 Å². The maximum Gasteiger partial charge on any atom is 0.334 e. The second-order valence-corrected chi connectivity index (χ2v) is 22.3. The smallest absolute Gasteiger partial charge is 0.334 e. The van der Waals surface area contributed by atoms with Crippen LogP contribution in [0.4, 0.5) is 4.79 Å². The molecule has 25 nitrogen and oxygen atoms in total. The molecule has 3 aromatic carbocycles. The average Bonchev–Trinajstić information content (AvgIpc) is 4.22. The maximum absolute atomic E-state index is 14.4. The second kappa shape index (κ2) is 27.6. The molecule has 0 radical (unpaired) electrons. The molecule has 5 aromatic rings. The third-order valence-electron chi connectivity index (χ3n) is 14.3. The molecule has 10 amide bonds. The Bertz CT molecular complexity index is 3150. The molecule has 0 bridgehead atoms. The predicted molar refractivity (Wildman–Crippen MR) is 307 cm³/mol. The highest BCUT2D eigenvalue weighted by molar-refractivity contribution is 5.99. The molecule has 1 aliphatic carbocycles. The van der Waals surface area contributed by atoms with Gasteiger partial charge in [-0.25, -0.2) is 15.2 Å². The highest BCUT2D eigenvalue weighted by Gasteiger charge is 2.47. The van der Waals surface area contributed by atoms with Crippen molar-refractivity contribution in [3.8, 4) is 0 Å². The van der Waals surface area contributed by atoms with Gasteiger partial charge in [-0.05, 0) is 72.9 Å². The first-order valence-electron chi connectivity index (χ1n) is 27.2. The third kappa shape index (κ3) is 16.6. The number of hydrogen-bond donors (Lipinski definition) is 14. The molecule has 7 atom stereocenters. The Kier molecular flexibility index (Phi) is 21.0.